The summed E-state index contributed by atoms with van der Waals surface area (Å²) in [5, 5.41) is 9.63. The molecule has 0 bridgehead atoms. The van der Waals surface area contributed by atoms with Gasteiger partial charge in [0.1, 0.15) is 11.3 Å². The number of aromatic nitrogens is 3. The lowest BCUT2D eigenvalue weighted by Gasteiger charge is -2.11. The van der Waals surface area contributed by atoms with E-state index < -0.39 is 0 Å². The van der Waals surface area contributed by atoms with E-state index in [4.69, 9.17) is 9.15 Å². The molecule has 0 atom stereocenters. The summed E-state index contributed by atoms with van der Waals surface area (Å²) in [6.45, 7) is 0. The highest BCUT2D eigenvalue weighted by Gasteiger charge is 2.18. The summed E-state index contributed by atoms with van der Waals surface area (Å²) in [5.41, 5.74) is 3.42. The molecular formula is C28H17N3O2. The first-order valence-electron chi connectivity index (χ1n) is 10.7. The molecule has 0 radical (unpaired) electrons. The summed E-state index contributed by atoms with van der Waals surface area (Å²) in [6, 6.07) is 28.2. The molecule has 0 saturated carbocycles. The molecule has 33 heavy (non-hydrogen) atoms. The molecule has 7 aromatic rings. The molecule has 7 rings (SSSR count). The Morgan fingerprint density at radius 3 is 2.67 bits per heavy atom. The van der Waals surface area contributed by atoms with Crippen LogP contribution in [0.15, 0.2) is 108 Å². The number of hydrogen-bond donors (Lipinski definition) is 0. The standard InChI is InChI=1S/C28H17N3O2/c1-2-10-24-22(9-1)26-21-12-11-18-6-4-13-29-27(18)23(21)17-25(28(26)33-24)32-20-8-3-7-19(16-20)31-15-5-14-30-31/h1-17H. The lowest BCUT2D eigenvalue weighted by Crippen LogP contribution is -1.94. The molecule has 5 heteroatoms. The van der Waals surface area contributed by atoms with E-state index in [9.17, 15) is 0 Å². The molecular weight excluding hydrogens is 410 g/mol. The molecule has 0 saturated heterocycles. The molecule has 3 heterocycles. The Balaban J connectivity index is 1.52. The van der Waals surface area contributed by atoms with Crippen LogP contribution in [0.3, 0.4) is 0 Å². The molecule has 0 aliphatic rings. The topological polar surface area (TPSA) is 53.1 Å². The number of fused-ring (bicyclic) bond motifs is 7. The number of para-hydroxylation sites is 1. The lowest BCUT2D eigenvalue weighted by atomic mass is 10.0. The average molecular weight is 427 g/mol. The number of furan rings is 1. The first kappa shape index (κ1) is 18.0. The summed E-state index contributed by atoms with van der Waals surface area (Å²) in [4.78, 5) is 4.68. The van der Waals surface area contributed by atoms with Gasteiger partial charge in [-0.25, -0.2) is 4.68 Å². The second-order valence-corrected chi connectivity index (χ2v) is 7.96. The van der Waals surface area contributed by atoms with Crippen molar-refractivity contribution in [3.8, 4) is 17.2 Å². The lowest BCUT2D eigenvalue weighted by molar-refractivity contribution is 0.476. The minimum atomic E-state index is 0.657. The molecule has 0 amide bonds. The fraction of sp³-hybridized carbons (Fsp3) is 0. The summed E-state index contributed by atoms with van der Waals surface area (Å²) in [7, 11) is 0. The fourth-order valence-corrected chi connectivity index (χ4v) is 4.53. The van der Waals surface area contributed by atoms with E-state index in [1.807, 2.05) is 77.7 Å². The molecule has 0 spiro atoms. The quantitative estimate of drug-likeness (QED) is 0.278. The normalized spacial score (nSPS) is 11.6. The van der Waals surface area contributed by atoms with E-state index in [1.165, 1.54) is 0 Å². The van der Waals surface area contributed by atoms with Crippen molar-refractivity contribution in [3.63, 3.8) is 0 Å². The van der Waals surface area contributed by atoms with Gasteiger partial charge in [-0.1, -0.05) is 42.5 Å². The molecule has 3 aromatic heterocycles. The zero-order valence-electron chi connectivity index (χ0n) is 17.5. The van der Waals surface area contributed by atoms with Gasteiger partial charge in [0, 0.05) is 46.2 Å². The van der Waals surface area contributed by atoms with Crippen molar-refractivity contribution in [2.45, 2.75) is 0 Å². The Hall–Kier alpha value is -4.64. The van der Waals surface area contributed by atoms with Gasteiger partial charge in [-0.3, -0.25) is 4.98 Å². The van der Waals surface area contributed by atoms with E-state index >= 15 is 0 Å². The number of hydrogen-bond acceptors (Lipinski definition) is 4. The third-order valence-electron chi connectivity index (χ3n) is 5.99. The highest BCUT2D eigenvalue weighted by molar-refractivity contribution is 6.24. The first-order chi connectivity index (χ1) is 16.3. The maximum Gasteiger partial charge on any atom is 0.178 e. The SMILES string of the molecule is c1cc(Oc2cc3c(ccc4cccnc43)c3c2oc2ccccc23)cc(-n2cccn2)c1. The second kappa shape index (κ2) is 6.93. The van der Waals surface area contributed by atoms with Gasteiger partial charge in [-0.05, 0) is 41.8 Å². The number of ether oxygens (including phenoxy) is 1. The number of nitrogens with zero attached hydrogens (tertiary/aromatic N) is 3. The molecule has 0 unspecified atom stereocenters. The van der Waals surface area contributed by atoms with Crippen molar-refractivity contribution in [1.29, 1.82) is 0 Å². The number of rotatable bonds is 3. The van der Waals surface area contributed by atoms with Gasteiger partial charge in [0.25, 0.3) is 0 Å². The molecule has 0 aliphatic carbocycles. The maximum absolute atomic E-state index is 6.45. The van der Waals surface area contributed by atoms with Gasteiger partial charge in [-0.15, -0.1) is 0 Å². The fourth-order valence-electron chi connectivity index (χ4n) is 4.53. The van der Waals surface area contributed by atoms with Crippen molar-refractivity contribution in [2.75, 3.05) is 0 Å². The molecule has 4 aromatic carbocycles. The minimum absolute atomic E-state index is 0.657. The Morgan fingerprint density at radius 1 is 0.758 bits per heavy atom. The predicted molar refractivity (Wildman–Crippen MR) is 130 cm³/mol. The van der Waals surface area contributed by atoms with E-state index in [2.05, 4.69) is 34.3 Å². The number of pyridine rings is 1. The van der Waals surface area contributed by atoms with E-state index in [1.54, 1.807) is 6.20 Å². The molecule has 0 N–H and O–H groups in total. The van der Waals surface area contributed by atoms with Gasteiger partial charge in [-0.2, -0.15) is 5.10 Å². The molecule has 5 nitrogen and oxygen atoms in total. The van der Waals surface area contributed by atoms with Crippen LogP contribution in [0.1, 0.15) is 0 Å². The van der Waals surface area contributed by atoms with Crippen molar-refractivity contribution in [1.82, 2.24) is 14.8 Å². The summed E-state index contributed by atoms with van der Waals surface area (Å²) >= 11 is 0. The van der Waals surface area contributed by atoms with Crippen molar-refractivity contribution < 1.29 is 9.15 Å². The third kappa shape index (κ3) is 2.79. The third-order valence-corrected chi connectivity index (χ3v) is 5.99. The van der Waals surface area contributed by atoms with Crippen LogP contribution in [0.25, 0.3) is 49.3 Å². The molecule has 156 valence electrons. The van der Waals surface area contributed by atoms with Gasteiger partial charge in [0.05, 0.1) is 11.2 Å². The van der Waals surface area contributed by atoms with Crippen LogP contribution in [0.5, 0.6) is 11.5 Å². The van der Waals surface area contributed by atoms with Crippen LogP contribution in [-0.2, 0) is 0 Å². The largest absolute Gasteiger partial charge is 0.453 e. The van der Waals surface area contributed by atoms with Crippen LogP contribution < -0.4 is 4.74 Å². The van der Waals surface area contributed by atoms with E-state index in [-0.39, 0.29) is 0 Å². The summed E-state index contributed by atoms with van der Waals surface area (Å²) < 4.78 is 14.6. The van der Waals surface area contributed by atoms with Gasteiger partial charge in [0.15, 0.2) is 11.3 Å². The first-order valence-corrected chi connectivity index (χ1v) is 10.7. The number of benzene rings is 4. The minimum Gasteiger partial charge on any atom is -0.453 e. The van der Waals surface area contributed by atoms with Crippen LogP contribution >= 0.6 is 0 Å². The molecule has 0 fully saturated rings. The van der Waals surface area contributed by atoms with Crippen LogP contribution in [0.4, 0.5) is 0 Å². The smallest absolute Gasteiger partial charge is 0.178 e. The van der Waals surface area contributed by atoms with Crippen molar-refractivity contribution >= 4 is 43.6 Å². The average Bonchev–Trinajstić information content (AvgIpc) is 3.53. The van der Waals surface area contributed by atoms with Crippen molar-refractivity contribution in [2.24, 2.45) is 0 Å². The zero-order chi connectivity index (χ0) is 21.8. The van der Waals surface area contributed by atoms with Crippen LogP contribution in [0, 0.1) is 0 Å². The van der Waals surface area contributed by atoms with Gasteiger partial charge >= 0.3 is 0 Å². The Labute approximate surface area is 188 Å². The summed E-state index contributed by atoms with van der Waals surface area (Å²) in [6.07, 6.45) is 5.49. The zero-order valence-corrected chi connectivity index (χ0v) is 17.5. The van der Waals surface area contributed by atoms with E-state index in [0.717, 1.165) is 49.3 Å². The highest BCUT2D eigenvalue weighted by Crippen LogP contribution is 2.43. The molecule has 0 aliphatic heterocycles. The van der Waals surface area contributed by atoms with E-state index in [0.29, 0.717) is 11.5 Å². The Bertz CT molecular complexity index is 1800. The second-order valence-electron chi connectivity index (χ2n) is 7.96. The highest BCUT2D eigenvalue weighted by atomic mass is 16.5. The van der Waals surface area contributed by atoms with Crippen LogP contribution in [-0.4, -0.2) is 14.8 Å². The predicted octanol–water partition coefficient (Wildman–Crippen LogP) is 7.27. The van der Waals surface area contributed by atoms with Crippen LogP contribution in [0.2, 0.25) is 0 Å². The van der Waals surface area contributed by atoms with Gasteiger partial charge in [0.2, 0.25) is 0 Å². The van der Waals surface area contributed by atoms with Crippen molar-refractivity contribution in [3.05, 3.63) is 104 Å². The monoisotopic (exact) mass is 427 g/mol. The van der Waals surface area contributed by atoms with Gasteiger partial charge < -0.3 is 9.15 Å². The Kier molecular flexibility index (Phi) is 3.78. The maximum atomic E-state index is 6.45. The Morgan fingerprint density at radius 2 is 1.73 bits per heavy atom. The summed E-state index contributed by atoms with van der Waals surface area (Å²) in [5.74, 6) is 1.36.